The summed E-state index contributed by atoms with van der Waals surface area (Å²) in [5.41, 5.74) is 9.54. The molecule has 0 aromatic carbocycles. The maximum atomic E-state index is 12.4. The van der Waals surface area contributed by atoms with Gasteiger partial charge in [-0.15, -0.1) is 22.7 Å². The molecular formula is C30H31N3O2S2. The van der Waals surface area contributed by atoms with Crippen LogP contribution in [0.15, 0.2) is 47.2 Å². The lowest BCUT2D eigenvalue weighted by Gasteiger charge is -2.17. The molecule has 0 fully saturated rings. The van der Waals surface area contributed by atoms with Crippen molar-refractivity contribution in [1.29, 1.82) is 0 Å². The standard InChI is InChI=1S/C30H31N3O2S2/c1-15-25(19(5)34)17(3)31-29(15)27(23-9-7-13-36-23)21-11-12-22(33-21)28(24-10-8-14-37-24)30-16(2)26(20(6)35)18(4)32-30/h7-14,27-28,31-33H,1-6H3. The third-order valence-corrected chi connectivity index (χ3v) is 9.12. The predicted octanol–water partition coefficient (Wildman–Crippen LogP) is 7.79. The molecule has 3 N–H and O–H groups in total. The van der Waals surface area contributed by atoms with E-state index in [0.29, 0.717) is 0 Å². The van der Waals surface area contributed by atoms with E-state index in [1.165, 1.54) is 9.75 Å². The van der Waals surface area contributed by atoms with Crippen molar-refractivity contribution in [3.8, 4) is 0 Å². The molecule has 0 saturated carbocycles. The zero-order valence-electron chi connectivity index (χ0n) is 21.9. The number of rotatable bonds is 8. The quantitative estimate of drug-likeness (QED) is 0.179. The first-order valence-electron chi connectivity index (χ1n) is 12.3. The first-order chi connectivity index (χ1) is 17.7. The third-order valence-electron chi connectivity index (χ3n) is 7.24. The zero-order valence-corrected chi connectivity index (χ0v) is 23.5. The van der Waals surface area contributed by atoms with Crippen LogP contribution in [0, 0.1) is 27.7 Å². The van der Waals surface area contributed by atoms with E-state index in [1.807, 2.05) is 27.7 Å². The number of carbonyl (C=O) groups excluding carboxylic acids is 2. The van der Waals surface area contributed by atoms with Crippen molar-refractivity contribution < 1.29 is 9.59 Å². The molecule has 2 atom stereocenters. The van der Waals surface area contributed by atoms with Crippen molar-refractivity contribution >= 4 is 34.2 Å². The Morgan fingerprint density at radius 3 is 1.35 bits per heavy atom. The summed E-state index contributed by atoms with van der Waals surface area (Å²) in [6.07, 6.45) is 0. The number of nitrogens with one attached hydrogen (secondary N) is 3. The van der Waals surface area contributed by atoms with E-state index < -0.39 is 0 Å². The third kappa shape index (κ3) is 4.36. The van der Waals surface area contributed by atoms with E-state index in [1.54, 1.807) is 36.5 Å². The number of thiophene rings is 2. The van der Waals surface area contributed by atoms with Gasteiger partial charge in [-0.3, -0.25) is 9.59 Å². The molecule has 0 amide bonds. The van der Waals surface area contributed by atoms with Crippen molar-refractivity contribution in [2.75, 3.05) is 0 Å². The molecular weight excluding hydrogens is 498 g/mol. The highest BCUT2D eigenvalue weighted by Crippen LogP contribution is 2.41. The van der Waals surface area contributed by atoms with Crippen LogP contribution in [0.1, 0.15) is 101 Å². The number of aromatic amines is 3. The Labute approximate surface area is 225 Å². The summed E-state index contributed by atoms with van der Waals surface area (Å²) in [6, 6.07) is 12.7. The highest BCUT2D eigenvalue weighted by molar-refractivity contribution is 7.10. The van der Waals surface area contributed by atoms with Crippen molar-refractivity contribution in [3.05, 3.63) is 113 Å². The Balaban J connectivity index is 1.66. The van der Waals surface area contributed by atoms with Gasteiger partial charge in [0.25, 0.3) is 0 Å². The molecule has 0 bridgehead atoms. The van der Waals surface area contributed by atoms with Gasteiger partial charge in [0.05, 0.1) is 11.8 Å². The van der Waals surface area contributed by atoms with E-state index in [4.69, 9.17) is 0 Å². The van der Waals surface area contributed by atoms with Crippen molar-refractivity contribution in [1.82, 2.24) is 15.0 Å². The lowest BCUT2D eigenvalue weighted by molar-refractivity contribution is 0.100. The summed E-state index contributed by atoms with van der Waals surface area (Å²) in [4.78, 5) is 38.0. The minimum Gasteiger partial charge on any atom is -0.361 e. The maximum absolute atomic E-state index is 12.4. The summed E-state index contributed by atoms with van der Waals surface area (Å²) in [6.45, 7) is 11.2. The Bertz CT molecular complexity index is 1460. The topological polar surface area (TPSA) is 81.5 Å². The lowest BCUT2D eigenvalue weighted by Crippen LogP contribution is -2.08. The van der Waals surface area contributed by atoms with Gasteiger partial charge in [0.2, 0.25) is 0 Å². The smallest absolute Gasteiger partial charge is 0.161 e. The van der Waals surface area contributed by atoms with E-state index in [0.717, 1.165) is 56.4 Å². The second-order valence-electron chi connectivity index (χ2n) is 9.71. The lowest BCUT2D eigenvalue weighted by atomic mass is 9.94. The Kier molecular flexibility index (Phi) is 6.68. The molecule has 7 heteroatoms. The fourth-order valence-corrected chi connectivity index (χ4v) is 7.47. The van der Waals surface area contributed by atoms with Gasteiger partial charge in [-0.2, -0.15) is 0 Å². The Morgan fingerprint density at radius 1 is 0.649 bits per heavy atom. The second-order valence-corrected chi connectivity index (χ2v) is 11.7. The minimum atomic E-state index is -0.0520. The average molecular weight is 530 g/mol. The van der Waals surface area contributed by atoms with Gasteiger partial charge < -0.3 is 15.0 Å². The fourth-order valence-electron chi connectivity index (χ4n) is 5.76. The van der Waals surface area contributed by atoms with E-state index >= 15 is 0 Å². The van der Waals surface area contributed by atoms with Crippen LogP contribution in [-0.2, 0) is 0 Å². The summed E-state index contributed by atoms with van der Waals surface area (Å²) >= 11 is 3.42. The van der Waals surface area contributed by atoms with Crippen LogP contribution >= 0.6 is 22.7 Å². The van der Waals surface area contributed by atoms with Crippen LogP contribution in [0.4, 0.5) is 0 Å². The SMILES string of the molecule is CC(=O)c1c(C)[nH]c(C(c2ccc(C(c3cccs3)c3[nH]c(C)c(C(C)=O)c3C)[nH]2)c2cccs2)c1C. The van der Waals surface area contributed by atoms with Crippen molar-refractivity contribution in [3.63, 3.8) is 0 Å². The van der Waals surface area contributed by atoms with E-state index in [9.17, 15) is 9.59 Å². The molecule has 0 saturated heterocycles. The van der Waals surface area contributed by atoms with Gasteiger partial charge >= 0.3 is 0 Å². The number of hydrogen-bond donors (Lipinski definition) is 3. The monoisotopic (exact) mass is 529 g/mol. The molecule has 5 heterocycles. The fraction of sp³-hybridized carbons (Fsp3) is 0.267. The molecule has 37 heavy (non-hydrogen) atoms. The summed E-state index contributed by atoms with van der Waals surface area (Å²) in [7, 11) is 0. The second kappa shape index (κ2) is 9.80. The van der Waals surface area contributed by atoms with Crippen molar-refractivity contribution in [2.24, 2.45) is 0 Å². The molecule has 5 aromatic heterocycles. The predicted molar refractivity (Wildman–Crippen MR) is 152 cm³/mol. The van der Waals surface area contributed by atoms with Gasteiger partial charge in [0, 0.05) is 55.0 Å². The highest BCUT2D eigenvalue weighted by atomic mass is 32.1. The molecule has 190 valence electrons. The minimum absolute atomic E-state index is 0.0520. The largest absolute Gasteiger partial charge is 0.361 e. The summed E-state index contributed by atoms with van der Waals surface area (Å²) < 4.78 is 0. The molecule has 5 rings (SSSR count). The van der Waals surface area contributed by atoms with E-state index in [-0.39, 0.29) is 23.4 Å². The molecule has 0 aliphatic heterocycles. The first-order valence-corrected chi connectivity index (χ1v) is 14.1. The number of Topliss-reactive ketones (excluding diaryl/α,β-unsaturated/α-hetero) is 2. The number of hydrogen-bond acceptors (Lipinski definition) is 4. The number of aromatic nitrogens is 3. The normalized spacial score (nSPS) is 13.1. The van der Waals surface area contributed by atoms with E-state index in [2.05, 4.69) is 62.1 Å². The molecule has 0 aliphatic carbocycles. The van der Waals surface area contributed by atoms with Crippen LogP contribution in [0.2, 0.25) is 0 Å². The molecule has 5 aromatic rings. The van der Waals surface area contributed by atoms with Crippen LogP contribution in [0.5, 0.6) is 0 Å². The van der Waals surface area contributed by atoms with Gasteiger partial charge in [-0.1, -0.05) is 12.1 Å². The average Bonchev–Trinajstić information content (AvgIpc) is 3.64. The van der Waals surface area contributed by atoms with Gasteiger partial charge in [-0.05, 0) is 87.7 Å². The molecule has 0 radical (unpaired) electrons. The molecule has 0 spiro atoms. The van der Waals surface area contributed by atoms with Crippen LogP contribution < -0.4 is 0 Å². The van der Waals surface area contributed by atoms with Crippen molar-refractivity contribution in [2.45, 2.75) is 53.4 Å². The molecule has 0 aliphatic rings. The first kappa shape index (κ1) is 25.2. The number of carbonyl (C=O) groups is 2. The Hall–Kier alpha value is -3.42. The van der Waals surface area contributed by atoms with Crippen LogP contribution in [0.3, 0.4) is 0 Å². The highest BCUT2D eigenvalue weighted by Gasteiger charge is 2.30. The summed E-state index contributed by atoms with van der Waals surface area (Å²) in [5.74, 6) is 0.0463. The zero-order chi connectivity index (χ0) is 26.4. The van der Waals surface area contributed by atoms with Crippen LogP contribution in [-0.4, -0.2) is 26.5 Å². The number of H-pyrrole nitrogens is 3. The molecule has 2 unspecified atom stereocenters. The summed E-state index contributed by atoms with van der Waals surface area (Å²) in [5, 5.41) is 4.18. The molecule has 5 nitrogen and oxygen atoms in total. The number of ketones is 2. The van der Waals surface area contributed by atoms with Crippen LogP contribution in [0.25, 0.3) is 0 Å². The number of aryl methyl sites for hydroxylation is 2. The van der Waals surface area contributed by atoms with Gasteiger partial charge in [-0.25, -0.2) is 0 Å². The van der Waals surface area contributed by atoms with Gasteiger partial charge in [0.15, 0.2) is 11.6 Å². The Morgan fingerprint density at radius 2 is 1.05 bits per heavy atom. The maximum Gasteiger partial charge on any atom is 0.161 e. The van der Waals surface area contributed by atoms with Gasteiger partial charge in [0.1, 0.15) is 0 Å².